The molecule has 0 saturated carbocycles. The molecule has 14 heteroatoms. The molecular weight excluding hydrogens is 1600 g/mol. The summed E-state index contributed by atoms with van der Waals surface area (Å²) in [5.41, 5.74) is 25.6. The van der Waals surface area contributed by atoms with E-state index in [0.29, 0.717) is 0 Å². The monoisotopic (exact) mass is 1730 g/mol. The topological polar surface area (TPSA) is 73.7 Å². The van der Waals surface area contributed by atoms with Gasteiger partial charge in [-0.2, -0.15) is 0 Å². The van der Waals surface area contributed by atoms with Crippen molar-refractivity contribution in [3.05, 3.63) is 411 Å². The van der Waals surface area contributed by atoms with E-state index in [1.807, 2.05) is 6.07 Å². The highest BCUT2D eigenvalue weighted by atomic mass is 32.2. The minimum absolute atomic E-state index is 1.05. The van der Waals surface area contributed by atoms with Gasteiger partial charge in [0.1, 0.15) is 13.1 Å². The third-order valence-electron chi connectivity index (χ3n) is 23.1. The Hall–Kier alpha value is -13.3. The molecule has 0 N–H and O–H groups in total. The lowest BCUT2D eigenvalue weighted by Crippen LogP contribution is -2.25. The Labute approximate surface area is 760 Å². The fraction of sp³-hybridized carbons (Fsp3) is 0.228. The molecule has 0 amide bonds. The first kappa shape index (κ1) is 95.4. The second-order valence-corrected chi connectivity index (χ2v) is 32.4. The number of halogens is 3. The third-order valence-corrected chi connectivity index (χ3v) is 23.1. The van der Waals surface area contributed by atoms with Gasteiger partial charge in [-0.25, -0.2) is 4.58 Å². The van der Waals surface area contributed by atoms with E-state index < -0.39 is 17.3 Å². The lowest BCUT2D eigenvalue weighted by Gasteiger charge is -2.26. The summed E-state index contributed by atoms with van der Waals surface area (Å²) in [6.45, 7) is 21.5. The zero-order chi connectivity index (χ0) is 90.4. The van der Waals surface area contributed by atoms with Crippen molar-refractivity contribution in [2.24, 2.45) is 0 Å². The van der Waals surface area contributed by atoms with E-state index >= 15 is 0 Å². The van der Waals surface area contributed by atoms with Crippen molar-refractivity contribution in [2.45, 2.75) is 119 Å². The predicted octanol–water partition coefficient (Wildman–Crippen LogP) is 31.0. The first-order chi connectivity index (χ1) is 62.5. The van der Waals surface area contributed by atoms with E-state index in [1.165, 1.54) is 138 Å². The van der Waals surface area contributed by atoms with Crippen LogP contribution in [-0.2, 0) is 10.6 Å². The summed E-state index contributed by atoms with van der Waals surface area (Å²) in [5, 5.41) is 4.90. The number of unbranched alkanes of at least 4 members (excludes halogenated alkanes) is 6. The smallest absolute Gasteiger partial charge is 0.385 e. The number of fused-ring (bicyclic) bond motifs is 2. The average molecular weight is 1730 g/mol. The zero-order valence-corrected chi connectivity index (χ0v) is 76.3. The van der Waals surface area contributed by atoms with Gasteiger partial charge in [-0.05, 0) is 255 Å². The van der Waals surface area contributed by atoms with Gasteiger partial charge in [0.25, 0.3) is 0 Å². The number of anilines is 12. The molecule has 10 nitrogen and oxygen atoms in total. The highest BCUT2D eigenvalue weighted by molar-refractivity contribution is 7.59. The number of allylic oxidation sites excluding steroid dienone is 9. The molecule has 1 aliphatic rings. The SMILES string of the molecule is C=C(c1ccc(N(CCCC)CCCC)cc1)c1ccc(N(C)c2ccc(N(C)c3ccccc3)cc2)cc1.CCCCN(CCCC)c1ccc(/C(=C/C=C/C(=C2C=CC(=[N+](CCCC)CCCC)C=C2)c2ccc(N(c3ccccc3)c3ccc4ccccc4c3)cc2)c2ccc(N(c3ccccc3)c3ccc4ccccc4c3)cc2)cc1.F[C-](F)F.O=S(=O)=O. The molecule has 0 unspecified atom stereocenters. The van der Waals surface area contributed by atoms with Crippen LogP contribution in [0.1, 0.15) is 146 Å². The maximum Gasteiger partial charge on any atom is 0.425 e. The summed E-state index contributed by atoms with van der Waals surface area (Å²) in [5.74, 6) is 0. The molecule has 13 aromatic rings. The molecule has 14 rings (SSSR count). The molecule has 0 bridgehead atoms. The quantitative estimate of drug-likeness (QED) is 0.0215. The highest BCUT2D eigenvalue weighted by Crippen LogP contribution is 2.41. The van der Waals surface area contributed by atoms with E-state index in [9.17, 15) is 13.2 Å². The van der Waals surface area contributed by atoms with E-state index in [0.717, 1.165) is 124 Å². The Morgan fingerprint density at radius 2 is 0.617 bits per heavy atom. The van der Waals surface area contributed by atoms with Crippen molar-refractivity contribution in [2.75, 3.05) is 82.8 Å². The van der Waals surface area contributed by atoms with Crippen LogP contribution < -0.4 is 29.4 Å². The van der Waals surface area contributed by atoms with Gasteiger partial charge in [0, 0.05) is 134 Å². The van der Waals surface area contributed by atoms with Crippen LogP contribution in [0.15, 0.2) is 376 Å². The summed E-state index contributed by atoms with van der Waals surface area (Å²) in [7, 11) is 1.10. The van der Waals surface area contributed by atoms with Crippen molar-refractivity contribution in [1.29, 1.82) is 0 Å². The van der Waals surface area contributed by atoms with E-state index in [4.69, 9.17) is 12.6 Å². The molecule has 0 heterocycles. The number of rotatable bonds is 37. The van der Waals surface area contributed by atoms with Gasteiger partial charge in [-0.3, -0.25) is 0 Å². The zero-order valence-electron chi connectivity index (χ0n) is 75.5. The first-order valence-corrected chi connectivity index (χ1v) is 46.2. The van der Waals surface area contributed by atoms with Crippen LogP contribution in [0.2, 0.25) is 0 Å². The predicted molar refractivity (Wildman–Crippen MR) is 540 cm³/mol. The Balaban J connectivity index is 0.000000280. The van der Waals surface area contributed by atoms with Crippen LogP contribution in [0.5, 0.6) is 0 Å². The Kier molecular flexibility index (Phi) is 37.4. The van der Waals surface area contributed by atoms with Gasteiger partial charge >= 0.3 is 10.6 Å². The number of benzene rings is 13. The molecule has 0 aromatic heterocycles. The Morgan fingerprint density at radius 1 is 0.336 bits per heavy atom. The second-order valence-electron chi connectivity index (χ2n) is 32.0. The van der Waals surface area contributed by atoms with E-state index in [2.05, 4.69) is 454 Å². The van der Waals surface area contributed by atoms with Crippen LogP contribution in [0.25, 0.3) is 38.3 Å². The van der Waals surface area contributed by atoms with Crippen LogP contribution in [0.3, 0.4) is 0 Å². The summed E-state index contributed by atoms with van der Waals surface area (Å²) < 4.78 is 56.7. The molecule has 0 spiro atoms. The lowest BCUT2D eigenvalue weighted by atomic mass is 9.94. The Bertz CT molecular complexity index is 5900. The molecule has 0 aliphatic heterocycles. The largest absolute Gasteiger partial charge is 0.425 e. The summed E-state index contributed by atoms with van der Waals surface area (Å²) >= 11 is 0. The Morgan fingerprint density at radius 3 is 0.977 bits per heavy atom. The van der Waals surface area contributed by atoms with Crippen molar-refractivity contribution in [1.82, 2.24) is 0 Å². The van der Waals surface area contributed by atoms with Gasteiger partial charge in [0.15, 0.2) is 12.4 Å². The number of para-hydroxylation sites is 3. The van der Waals surface area contributed by atoms with E-state index in [-0.39, 0.29) is 0 Å². The minimum Gasteiger partial charge on any atom is -0.385 e. The third kappa shape index (κ3) is 27.4. The number of nitrogens with zero attached hydrogens (tertiary/aromatic N) is 7. The summed E-state index contributed by atoms with van der Waals surface area (Å²) in [4.78, 5) is 14.2. The maximum atomic E-state index is 9.58. The molecule has 0 fully saturated rings. The second kappa shape index (κ2) is 50.1. The van der Waals surface area contributed by atoms with Gasteiger partial charge in [0.2, 0.25) is 0 Å². The van der Waals surface area contributed by atoms with Crippen molar-refractivity contribution in [3.63, 3.8) is 0 Å². The standard InChI is InChI=1S/C77H79N4.C36H43N3.CF3.O3S/c1-5-9-54-78(55-10-6-2)68-44-36-62(37-45-68)76(64-40-48-72(49-41-64)80(70-28-15-13-16-29-70)74-52-34-60-24-19-21-26-66(60)58-74)32-23-33-77(63-38-46-69(47-39-63)79(56-11-7-3)57-12-8-4)65-42-50-73(51-43-65)81(71-30-17-14-18-31-71)75-53-35-61-25-20-22-27-67(61)59-75;1-6-8-27-39(28-9-7-2)36-21-17-31(18-22-36)29(3)30-15-19-33(20-16-30)38(5)35-25-23-34(24-26-35)37(4)32-13-11-10-12-14-32;2-1(3)4;1-4(2)3/h13-53,58-59H,5-12,54-57H2,1-4H3;10-26H,3,6-9,27-28H2,1-2,4-5H3;;/q+1;;-1;. The van der Waals surface area contributed by atoms with E-state index in [1.54, 1.807) is 0 Å². The molecule has 13 aromatic carbocycles. The minimum atomic E-state index is -3.11. The van der Waals surface area contributed by atoms with Crippen LogP contribution in [0.4, 0.5) is 81.4 Å². The van der Waals surface area contributed by atoms with Gasteiger partial charge < -0.3 is 42.6 Å². The van der Waals surface area contributed by atoms with Crippen LogP contribution in [0, 0.1) is 6.68 Å². The molecule has 1 aliphatic carbocycles. The lowest BCUT2D eigenvalue weighted by molar-refractivity contribution is -0.527. The fourth-order valence-corrected chi connectivity index (χ4v) is 15.9. The molecule has 0 atom stereocenters. The average Bonchev–Trinajstić information content (AvgIpc) is 0.790. The van der Waals surface area contributed by atoms with Gasteiger partial charge in [-0.15, -0.1) is 12.6 Å². The summed E-state index contributed by atoms with van der Waals surface area (Å²) in [6.07, 6.45) is 30.6. The number of hydrogen-bond donors (Lipinski definition) is 0. The fourth-order valence-electron chi connectivity index (χ4n) is 15.9. The molecule has 128 heavy (non-hydrogen) atoms. The van der Waals surface area contributed by atoms with Crippen LogP contribution in [-0.4, -0.2) is 76.3 Å². The summed E-state index contributed by atoms with van der Waals surface area (Å²) in [6, 6.07) is 117. The molecule has 0 saturated heterocycles. The van der Waals surface area contributed by atoms with Crippen molar-refractivity contribution >= 4 is 123 Å². The van der Waals surface area contributed by atoms with Crippen molar-refractivity contribution in [3.8, 4) is 0 Å². The molecule has 0 radical (unpaired) electrons. The normalized spacial score (nSPS) is 11.6. The van der Waals surface area contributed by atoms with Crippen molar-refractivity contribution < 1.29 is 30.4 Å². The number of hydrogen-bond acceptors (Lipinski definition) is 9. The highest BCUT2D eigenvalue weighted by Gasteiger charge is 2.21. The van der Waals surface area contributed by atoms with Gasteiger partial charge in [0.05, 0.1) is 0 Å². The molecular formula is C114H122F3N7O3S. The first-order valence-electron chi connectivity index (χ1n) is 45.2. The maximum absolute atomic E-state index is 9.58. The van der Waals surface area contributed by atoms with Gasteiger partial charge in [-0.1, -0.05) is 281 Å². The van der Waals surface area contributed by atoms with Crippen LogP contribution >= 0.6 is 0 Å². The molecule has 658 valence electrons.